The molecule has 1 heteroatoms. The van der Waals surface area contributed by atoms with E-state index in [4.69, 9.17) is 4.74 Å². The van der Waals surface area contributed by atoms with Crippen LogP contribution in [-0.4, -0.2) is 6.61 Å². The SMILES string of the molecule is C=CC(C)Cc1cc(C)cc(C)c1OCC. The molecule has 0 radical (unpaired) electrons. The fourth-order valence-electron chi connectivity index (χ4n) is 1.98. The van der Waals surface area contributed by atoms with Gasteiger partial charge in [0.25, 0.3) is 0 Å². The zero-order chi connectivity index (χ0) is 12.1. The molecule has 0 aliphatic heterocycles. The fraction of sp³-hybridized carbons (Fsp3) is 0.467. The normalized spacial score (nSPS) is 12.2. The first kappa shape index (κ1) is 12.8. The Morgan fingerprint density at radius 3 is 2.62 bits per heavy atom. The molecule has 1 unspecified atom stereocenters. The van der Waals surface area contributed by atoms with Crippen LogP contribution in [0.25, 0.3) is 0 Å². The number of ether oxygens (including phenoxy) is 1. The van der Waals surface area contributed by atoms with E-state index in [1.165, 1.54) is 16.7 Å². The molecule has 88 valence electrons. The van der Waals surface area contributed by atoms with Crippen LogP contribution in [0.3, 0.4) is 0 Å². The Morgan fingerprint density at radius 2 is 2.06 bits per heavy atom. The molecule has 0 heterocycles. The van der Waals surface area contributed by atoms with Crippen molar-refractivity contribution in [3.05, 3.63) is 41.5 Å². The Hall–Kier alpha value is -1.24. The molecule has 0 saturated carbocycles. The fourth-order valence-corrected chi connectivity index (χ4v) is 1.98. The molecule has 0 saturated heterocycles. The number of allylic oxidation sites excluding steroid dienone is 1. The summed E-state index contributed by atoms with van der Waals surface area (Å²) in [5.41, 5.74) is 3.83. The van der Waals surface area contributed by atoms with Crippen molar-refractivity contribution in [3.8, 4) is 5.75 Å². The number of aryl methyl sites for hydroxylation is 2. The molecule has 0 aliphatic rings. The van der Waals surface area contributed by atoms with E-state index in [1.807, 2.05) is 13.0 Å². The van der Waals surface area contributed by atoms with Crippen molar-refractivity contribution in [3.63, 3.8) is 0 Å². The van der Waals surface area contributed by atoms with Gasteiger partial charge in [0.05, 0.1) is 6.61 Å². The molecule has 0 aromatic heterocycles. The number of hydrogen-bond donors (Lipinski definition) is 0. The predicted molar refractivity (Wildman–Crippen MR) is 70.2 cm³/mol. The first-order valence-corrected chi connectivity index (χ1v) is 5.94. The minimum atomic E-state index is 0.486. The van der Waals surface area contributed by atoms with Crippen molar-refractivity contribution in [2.45, 2.75) is 34.1 Å². The van der Waals surface area contributed by atoms with Crippen molar-refractivity contribution in [2.24, 2.45) is 5.92 Å². The average Bonchev–Trinajstić information content (AvgIpc) is 2.23. The van der Waals surface area contributed by atoms with Gasteiger partial charge in [-0.2, -0.15) is 0 Å². The van der Waals surface area contributed by atoms with Crippen LogP contribution in [0.5, 0.6) is 5.75 Å². The minimum absolute atomic E-state index is 0.486. The summed E-state index contributed by atoms with van der Waals surface area (Å²) in [7, 11) is 0. The van der Waals surface area contributed by atoms with Gasteiger partial charge in [-0.1, -0.05) is 30.7 Å². The third-order valence-electron chi connectivity index (χ3n) is 2.73. The third-order valence-corrected chi connectivity index (χ3v) is 2.73. The van der Waals surface area contributed by atoms with Crippen LogP contribution >= 0.6 is 0 Å². The van der Waals surface area contributed by atoms with E-state index in [2.05, 4.69) is 39.5 Å². The molecule has 1 aromatic carbocycles. The van der Waals surface area contributed by atoms with Crippen molar-refractivity contribution in [1.82, 2.24) is 0 Å². The third kappa shape index (κ3) is 3.13. The van der Waals surface area contributed by atoms with Gasteiger partial charge in [0.2, 0.25) is 0 Å². The van der Waals surface area contributed by atoms with Crippen LogP contribution < -0.4 is 4.74 Å². The molecule has 0 spiro atoms. The van der Waals surface area contributed by atoms with E-state index in [0.717, 1.165) is 18.8 Å². The van der Waals surface area contributed by atoms with E-state index >= 15 is 0 Å². The molecular formula is C15H22O. The molecule has 0 aliphatic carbocycles. The van der Waals surface area contributed by atoms with Gasteiger partial charge in [-0.3, -0.25) is 0 Å². The monoisotopic (exact) mass is 218 g/mol. The van der Waals surface area contributed by atoms with E-state index in [-0.39, 0.29) is 0 Å². The molecule has 0 bridgehead atoms. The lowest BCUT2D eigenvalue weighted by Crippen LogP contribution is -2.03. The Kier molecular flexibility index (Phi) is 4.60. The highest BCUT2D eigenvalue weighted by atomic mass is 16.5. The van der Waals surface area contributed by atoms with E-state index in [0.29, 0.717) is 5.92 Å². The first-order valence-electron chi connectivity index (χ1n) is 5.94. The highest BCUT2D eigenvalue weighted by Crippen LogP contribution is 2.27. The maximum absolute atomic E-state index is 5.73. The van der Waals surface area contributed by atoms with E-state index in [9.17, 15) is 0 Å². The molecular weight excluding hydrogens is 196 g/mol. The second kappa shape index (κ2) is 5.74. The maximum Gasteiger partial charge on any atom is 0.125 e. The summed E-state index contributed by atoms with van der Waals surface area (Å²) in [6.07, 6.45) is 2.99. The molecule has 0 fully saturated rings. The van der Waals surface area contributed by atoms with Gasteiger partial charge < -0.3 is 4.74 Å². The highest BCUT2D eigenvalue weighted by Gasteiger charge is 2.10. The molecule has 1 atom stereocenters. The van der Waals surface area contributed by atoms with E-state index < -0.39 is 0 Å². The summed E-state index contributed by atoms with van der Waals surface area (Å²) < 4.78 is 5.73. The summed E-state index contributed by atoms with van der Waals surface area (Å²) in [6.45, 7) is 13.0. The number of benzene rings is 1. The Balaban J connectivity index is 3.07. The van der Waals surface area contributed by atoms with Gasteiger partial charge >= 0.3 is 0 Å². The number of hydrogen-bond acceptors (Lipinski definition) is 1. The molecule has 1 nitrogen and oxygen atoms in total. The lowest BCUT2D eigenvalue weighted by atomic mass is 9.96. The van der Waals surface area contributed by atoms with E-state index in [1.54, 1.807) is 0 Å². The summed E-state index contributed by atoms with van der Waals surface area (Å²) in [5.74, 6) is 1.54. The Morgan fingerprint density at radius 1 is 1.38 bits per heavy atom. The zero-order valence-corrected chi connectivity index (χ0v) is 10.8. The molecule has 1 aromatic rings. The first-order chi connectivity index (χ1) is 7.58. The average molecular weight is 218 g/mol. The highest BCUT2D eigenvalue weighted by molar-refractivity contribution is 5.44. The molecule has 16 heavy (non-hydrogen) atoms. The summed E-state index contributed by atoms with van der Waals surface area (Å²) in [5, 5.41) is 0. The molecule has 0 N–H and O–H groups in total. The predicted octanol–water partition coefficient (Wildman–Crippen LogP) is 4.07. The van der Waals surface area contributed by atoms with Gasteiger partial charge in [0.15, 0.2) is 0 Å². The summed E-state index contributed by atoms with van der Waals surface area (Å²) in [4.78, 5) is 0. The summed E-state index contributed by atoms with van der Waals surface area (Å²) >= 11 is 0. The van der Waals surface area contributed by atoms with Gasteiger partial charge in [0, 0.05) is 0 Å². The van der Waals surface area contributed by atoms with Gasteiger partial charge in [-0.15, -0.1) is 6.58 Å². The van der Waals surface area contributed by atoms with Crippen molar-refractivity contribution < 1.29 is 4.74 Å². The number of rotatable bonds is 5. The molecule has 1 rings (SSSR count). The van der Waals surface area contributed by atoms with Gasteiger partial charge in [-0.05, 0) is 44.2 Å². The lowest BCUT2D eigenvalue weighted by molar-refractivity contribution is 0.333. The topological polar surface area (TPSA) is 9.23 Å². The van der Waals surface area contributed by atoms with Crippen molar-refractivity contribution >= 4 is 0 Å². The Labute approximate surface area is 99.1 Å². The lowest BCUT2D eigenvalue weighted by Gasteiger charge is -2.16. The summed E-state index contributed by atoms with van der Waals surface area (Å²) in [6, 6.07) is 4.39. The standard InChI is InChI=1S/C15H22O/c1-6-11(3)9-14-10-12(4)8-13(5)15(14)16-7-2/h6,8,10-11H,1,7,9H2,2-5H3. The largest absolute Gasteiger partial charge is 0.493 e. The van der Waals surface area contributed by atoms with Crippen LogP contribution in [0, 0.1) is 19.8 Å². The van der Waals surface area contributed by atoms with Gasteiger partial charge in [0.1, 0.15) is 5.75 Å². The molecule has 0 amide bonds. The van der Waals surface area contributed by atoms with Crippen LogP contribution in [0.2, 0.25) is 0 Å². The van der Waals surface area contributed by atoms with Crippen LogP contribution in [-0.2, 0) is 6.42 Å². The zero-order valence-electron chi connectivity index (χ0n) is 10.8. The second-order valence-corrected chi connectivity index (χ2v) is 4.42. The minimum Gasteiger partial charge on any atom is -0.493 e. The van der Waals surface area contributed by atoms with Crippen LogP contribution in [0.15, 0.2) is 24.8 Å². The second-order valence-electron chi connectivity index (χ2n) is 4.42. The van der Waals surface area contributed by atoms with Crippen molar-refractivity contribution in [2.75, 3.05) is 6.61 Å². The van der Waals surface area contributed by atoms with Gasteiger partial charge in [-0.25, -0.2) is 0 Å². The van der Waals surface area contributed by atoms with Crippen LogP contribution in [0.4, 0.5) is 0 Å². The maximum atomic E-state index is 5.73. The smallest absolute Gasteiger partial charge is 0.125 e. The van der Waals surface area contributed by atoms with Crippen LogP contribution in [0.1, 0.15) is 30.5 Å². The Bertz CT molecular complexity index is 366. The quantitative estimate of drug-likeness (QED) is 0.677. The van der Waals surface area contributed by atoms with Crippen molar-refractivity contribution in [1.29, 1.82) is 0 Å².